The molecule has 2 fully saturated rings. The van der Waals surface area contributed by atoms with Gasteiger partial charge in [-0.05, 0) is 17.9 Å². The van der Waals surface area contributed by atoms with Crippen molar-refractivity contribution in [3.8, 4) is 0 Å². The topological polar surface area (TPSA) is 84.0 Å². The van der Waals surface area contributed by atoms with E-state index < -0.39 is 40.0 Å². The summed E-state index contributed by atoms with van der Waals surface area (Å²) < 4.78 is 30.6. The van der Waals surface area contributed by atoms with Crippen LogP contribution in [0.25, 0.3) is 0 Å². The molecule has 2 saturated heterocycles. The Morgan fingerprint density at radius 3 is 2.50 bits per heavy atom. The van der Waals surface area contributed by atoms with Crippen LogP contribution in [0.2, 0.25) is 0 Å². The fourth-order valence-electron chi connectivity index (χ4n) is 4.05. The molecule has 1 aromatic carbocycles. The van der Waals surface area contributed by atoms with E-state index in [-0.39, 0.29) is 12.5 Å². The van der Waals surface area contributed by atoms with Gasteiger partial charge in [0.1, 0.15) is 6.61 Å². The highest BCUT2D eigenvalue weighted by Gasteiger charge is 2.58. The van der Waals surface area contributed by atoms with Gasteiger partial charge >= 0.3 is 6.09 Å². The SMILES string of the molecule is CC(C)C1C(=O)N(S(C)(=O)=O)C2CCN(C(=O)OCc3ccccc3)C12. The molecule has 0 radical (unpaired) electrons. The van der Waals surface area contributed by atoms with Crippen molar-refractivity contribution >= 4 is 22.0 Å². The molecule has 2 aliphatic heterocycles. The van der Waals surface area contributed by atoms with E-state index in [0.717, 1.165) is 16.1 Å². The van der Waals surface area contributed by atoms with Crippen LogP contribution in [0.15, 0.2) is 30.3 Å². The molecule has 0 bridgehead atoms. The van der Waals surface area contributed by atoms with Gasteiger partial charge in [0.25, 0.3) is 0 Å². The first-order valence-corrected chi connectivity index (χ1v) is 10.6. The van der Waals surface area contributed by atoms with Crippen LogP contribution < -0.4 is 0 Å². The van der Waals surface area contributed by atoms with Gasteiger partial charge in [0.15, 0.2) is 0 Å². The molecule has 0 N–H and O–H groups in total. The van der Waals surface area contributed by atoms with E-state index in [1.807, 2.05) is 44.2 Å². The molecule has 2 heterocycles. The lowest BCUT2D eigenvalue weighted by molar-refractivity contribution is -0.129. The smallest absolute Gasteiger partial charge is 0.410 e. The molecule has 0 aliphatic carbocycles. The Morgan fingerprint density at radius 1 is 1.27 bits per heavy atom. The Morgan fingerprint density at radius 2 is 1.92 bits per heavy atom. The van der Waals surface area contributed by atoms with Crippen LogP contribution >= 0.6 is 0 Å². The van der Waals surface area contributed by atoms with Gasteiger partial charge in [0.2, 0.25) is 15.9 Å². The Kier molecular flexibility index (Phi) is 4.96. The summed E-state index contributed by atoms with van der Waals surface area (Å²) in [6.45, 7) is 4.27. The van der Waals surface area contributed by atoms with Crippen LogP contribution in [-0.4, -0.2) is 54.5 Å². The van der Waals surface area contributed by atoms with Gasteiger partial charge < -0.3 is 9.64 Å². The van der Waals surface area contributed by atoms with Crippen molar-refractivity contribution < 1.29 is 22.7 Å². The second kappa shape index (κ2) is 6.90. The minimum absolute atomic E-state index is 0.0794. The van der Waals surface area contributed by atoms with Gasteiger partial charge in [-0.3, -0.25) is 4.79 Å². The molecule has 3 unspecified atom stereocenters. The molecule has 2 aliphatic rings. The maximum Gasteiger partial charge on any atom is 0.410 e. The normalized spacial score (nSPS) is 25.7. The van der Waals surface area contributed by atoms with Crippen molar-refractivity contribution in [3.05, 3.63) is 35.9 Å². The van der Waals surface area contributed by atoms with Gasteiger partial charge in [-0.2, -0.15) is 0 Å². The van der Waals surface area contributed by atoms with Crippen LogP contribution in [-0.2, 0) is 26.2 Å². The lowest BCUT2D eigenvalue weighted by Gasteiger charge is -2.28. The Balaban J connectivity index is 1.80. The summed E-state index contributed by atoms with van der Waals surface area (Å²) in [5.74, 6) is -1.04. The highest BCUT2D eigenvalue weighted by molar-refractivity contribution is 7.88. The molecule has 2 amide bonds. The second-order valence-electron chi connectivity index (χ2n) is 7.25. The van der Waals surface area contributed by atoms with E-state index >= 15 is 0 Å². The zero-order valence-electron chi connectivity index (χ0n) is 15.2. The molecule has 3 rings (SSSR count). The molecule has 26 heavy (non-hydrogen) atoms. The van der Waals surface area contributed by atoms with Gasteiger partial charge in [-0.25, -0.2) is 17.5 Å². The first kappa shape index (κ1) is 18.7. The van der Waals surface area contributed by atoms with Gasteiger partial charge in [-0.1, -0.05) is 44.2 Å². The lowest BCUT2D eigenvalue weighted by Crippen LogP contribution is -2.44. The fraction of sp³-hybridized carbons (Fsp3) is 0.556. The van der Waals surface area contributed by atoms with Crippen molar-refractivity contribution in [2.45, 2.75) is 39.0 Å². The maximum atomic E-state index is 12.7. The number of likely N-dealkylation sites (tertiary alicyclic amines) is 1. The zero-order valence-corrected chi connectivity index (χ0v) is 16.0. The maximum absolute atomic E-state index is 12.7. The van der Waals surface area contributed by atoms with Crippen LogP contribution in [0.5, 0.6) is 0 Å². The number of fused-ring (bicyclic) bond motifs is 1. The number of ether oxygens (including phenoxy) is 1. The standard InChI is InChI=1S/C18H24N2O5S/c1-12(2)15-16-14(20(17(15)21)26(3,23)24)9-10-19(16)18(22)25-11-13-7-5-4-6-8-13/h4-8,12,14-16H,9-11H2,1-3H3. The number of carbonyl (C=O) groups is 2. The number of hydrogen-bond donors (Lipinski definition) is 0. The third-order valence-electron chi connectivity index (χ3n) is 5.11. The summed E-state index contributed by atoms with van der Waals surface area (Å²) in [5.41, 5.74) is 0.872. The summed E-state index contributed by atoms with van der Waals surface area (Å²) in [4.78, 5) is 26.9. The highest BCUT2D eigenvalue weighted by Crippen LogP contribution is 2.41. The Labute approximate surface area is 154 Å². The highest BCUT2D eigenvalue weighted by atomic mass is 32.2. The van der Waals surface area contributed by atoms with E-state index in [1.165, 1.54) is 4.90 Å². The minimum Gasteiger partial charge on any atom is -0.445 e. The van der Waals surface area contributed by atoms with Gasteiger partial charge in [-0.15, -0.1) is 0 Å². The summed E-state index contributed by atoms with van der Waals surface area (Å²) in [7, 11) is -3.67. The van der Waals surface area contributed by atoms with Crippen molar-refractivity contribution in [2.24, 2.45) is 11.8 Å². The van der Waals surface area contributed by atoms with E-state index in [9.17, 15) is 18.0 Å². The third kappa shape index (κ3) is 3.30. The number of hydrogen-bond acceptors (Lipinski definition) is 5. The van der Waals surface area contributed by atoms with Crippen LogP contribution in [0.4, 0.5) is 4.79 Å². The van der Waals surface area contributed by atoms with Crippen molar-refractivity contribution in [1.82, 2.24) is 9.21 Å². The number of sulfonamides is 1. The van der Waals surface area contributed by atoms with E-state index in [0.29, 0.717) is 13.0 Å². The number of benzene rings is 1. The summed E-state index contributed by atoms with van der Waals surface area (Å²) >= 11 is 0. The molecule has 1 aromatic rings. The lowest BCUT2D eigenvalue weighted by atomic mass is 9.88. The quantitative estimate of drug-likeness (QED) is 0.796. The van der Waals surface area contributed by atoms with E-state index in [2.05, 4.69) is 0 Å². The monoisotopic (exact) mass is 380 g/mol. The Hall–Kier alpha value is -2.09. The molecule has 3 atom stereocenters. The van der Waals surface area contributed by atoms with Crippen molar-refractivity contribution in [3.63, 3.8) is 0 Å². The summed E-state index contributed by atoms with van der Waals surface area (Å²) in [6, 6.07) is 8.36. The van der Waals surface area contributed by atoms with Gasteiger partial charge in [0, 0.05) is 6.54 Å². The molecule has 0 saturated carbocycles. The number of nitrogens with zero attached hydrogens (tertiary/aromatic N) is 2. The number of rotatable bonds is 4. The van der Waals surface area contributed by atoms with Crippen LogP contribution in [0.1, 0.15) is 25.8 Å². The molecule has 0 spiro atoms. The average Bonchev–Trinajstić information content (AvgIpc) is 3.08. The Bertz CT molecular complexity index is 793. The number of carbonyl (C=O) groups excluding carboxylic acids is 2. The van der Waals surface area contributed by atoms with Crippen LogP contribution in [0.3, 0.4) is 0 Å². The third-order valence-corrected chi connectivity index (χ3v) is 6.27. The fourth-order valence-corrected chi connectivity index (χ4v) is 5.22. The molecule has 7 nitrogen and oxygen atoms in total. The van der Waals surface area contributed by atoms with Crippen LogP contribution in [0, 0.1) is 11.8 Å². The molecule has 8 heteroatoms. The molecular weight excluding hydrogens is 356 g/mol. The van der Waals surface area contributed by atoms with Gasteiger partial charge in [0.05, 0.1) is 24.3 Å². The predicted octanol–water partition coefficient (Wildman–Crippen LogP) is 1.84. The van der Waals surface area contributed by atoms with Crippen molar-refractivity contribution in [2.75, 3.05) is 12.8 Å². The van der Waals surface area contributed by atoms with E-state index in [4.69, 9.17) is 4.74 Å². The number of amides is 2. The molecular formula is C18H24N2O5S. The first-order chi connectivity index (χ1) is 12.2. The van der Waals surface area contributed by atoms with E-state index in [1.54, 1.807) is 0 Å². The minimum atomic E-state index is -3.67. The first-order valence-electron chi connectivity index (χ1n) is 8.72. The summed E-state index contributed by atoms with van der Waals surface area (Å²) in [6.07, 6.45) is 0.976. The molecule has 0 aromatic heterocycles. The molecule has 142 valence electrons. The summed E-state index contributed by atoms with van der Waals surface area (Å²) in [5, 5.41) is 0. The zero-order chi connectivity index (χ0) is 19.1. The van der Waals surface area contributed by atoms with Crippen molar-refractivity contribution in [1.29, 1.82) is 0 Å². The largest absolute Gasteiger partial charge is 0.445 e. The predicted molar refractivity (Wildman–Crippen MR) is 95.5 cm³/mol. The average molecular weight is 380 g/mol. The second-order valence-corrected chi connectivity index (χ2v) is 9.11.